The lowest BCUT2D eigenvalue weighted by atomic mass is 9.80. The van der Waals surface area contributed by atoms with E-state index in [1.807, 2.05) is 0 Å². The van der Waals surface area contributed by atoms with Crippen LogP contribution in [0, 0.1) is 12.3 Å². The molecule has 9 aromatic rings. The van der Waals surface area contributed by atoms with Crippen molar-refractivity contribution < 1.29 is 0 Å². The van der Waals surface area contributed by atoms with E-state index in [9.17, 15) is 0 Å². The summed E-state index contributed by atoms with van der Waals surface area (Å²) in [6.45, 7) is 18.7. The summed E-state index contributed by atoms with van der Waals surface area (Å²) in [7, 11) is 0. The number of hydrogen-bond donors (Lipinski definition) is 0. The molecule has 4 aliphatic carbocycles. The number of para-hydroxylation sites is 2. The Morgan fingerprint density at radius 2 is 0.907 bits per heavy atom. The van der Waals surface area contributed by atoms with E-state index in [4.69, 9.17) is 6.42 Å². The van der Waals surface area contributed by atoms with Crippen LogP contribution in [0.5, 0.6) is 0 Å². The van der Waals surface area contributed by atoms with Gasteiger partial charge in [0.05, 0.1) is 9.11 Å². The molecule has 0 fully saturated rings. The fraction of sp³-hybridized carbons (Fsp3) is 0.167. The first kappa shape index (κ1) is 47.1. The molecule has 364 valence electrons. The van der Waals surface area contributed by atoms with Crippen molar-refractivity contribution in [2.45, 2.75) is 75.1 Å². The highest BCUT2D eigenvalue weighted by molar-refractivity contribution is 14.1. The predicted molar refractivity (Wildman–Crippen MR) is 326 cm³/mol. The molecule has 1 atom stereocenters. The number of rotatable bonds is 8. The molecule has 0 bridgehead atoms. The molecular formula is C72H59IN2. The van der Waals surface area contributed by atoms with Crippen LogP contribution in [0.15, 0.2) is 212 Å². The summed E-state index contributed by atoms with van der Waals surface area (Å²) in [5.41, 5.74) is 28.7. The third-order valence-corrected chi connectivity index (χ3v) is 18.4. The molecule has 0 radical (unpaired) electrons. The van der Waals surface area contributed by atoms with Gasteiger partial charge in [0.15, 0.2) is 0 Å². The number of terminal acetylenes is 1. The van der Waals surface area contributed by atoms with Crippen LogP contribution in [-0.4, -0.2) is 0 Å². The maximum absolute atomic E-state index is 6.36. The Bertz CT molecular complexity index is 3960. The van der Waals surface area contributed by atoms with E-state index in [-0.39, 0.29) is 14.3 Å². The second-order valence-electron chi connectivity index (χ2n) is 22.6. The third kappa shape index (κ3) is 6.84. The Kier molecular flexibility index (Phi) is 10.6. The van der Waals surface area contributed by atoms with E-state index >= 15 is 0 Å². The van der Waals surface area contributed by atoms with Crippen LogP contribution in [0.1, 0.15) is 99.9 Å². The zero-order valence-electron chi connectivity index (χ0n) is 44.0. The highest BCUT2D eigenvalue weighted by atomic mass is 127. The van der Waals surface area contributed by atoms with Gasteiger partial charge in [0.2, 0.25) is 0 Å². The fourth-order valence-electron chi connectivity index (χ4n) is 13.5. The lowest BCUT2D eigenvalue weighted by Gasteiger charge is -2.34. The topological polar surface area (TPSA) is 6.48 Å². The molecule has 1 unspecified atom stereocenters. The second-order valence-corrected chi connectivity index (χ2v) is 24.7. The van der Waals surface area contributed by atoms with Gasteiger partial charge in [-0.3, -0.25) is 0 Å². The van der Waals surface area contributed by atoms with Crippen LogP contribution in [0.2, 0.25) is 0 Å². The number of anilines is 6. The van der Waals surface area contributed by atoms with Crippen LogP contribution >= 0.6 is 22.6 Å². The Morgan fingerprint density at radius 1 is 0.400 bits per heavy atom. The largest absolute Gasteiger partial charge is 0.310 e. The number of halogens is 1. The SMILES string of the molecule is C#CC1=C(/C=C\C)c2ccc(N(c3ccccc3)c3cc(N(c4ccccc4)c4ccc5c(c4)C(C)(C)c4ccccc4-5)c4c(c3)C(C)(C)c3cc5c(cc3-4)C(C)(I)c3cccc(-c4ccccc4)c3-5)cc2C1(C)C. The molecule has 0 aliphatic heterocycles. The van der Waals surface area contributed by atoms with Crippen LogP contribution in [-0.2, 0) is 19.7 Å². The minimum absolute atomic E-state index is 0.187. The van der Waals surface area contributed by atoms with Crippen molar-refractivity contribution in [2.24, 2.45) is 0 Å². The van der Waals surface area contributed by atoms with Gasteiger partial charge < -0.3 is 9.80 Å². The van der Waals surface area contributed by atoms with E-state index < -0.39 is 5.41 Å². The van der Waals surface area contributed by atoms with E-state index in [1.54, 1.807) is 0 Å². The molecule has 0 heterocycles. The van der Waals surface area contributed by atoms with Gasteiger partial charge in [-0.1, -0.05) is 204 Å². The first-order valence-electron chi connectivity index (χ1n) is 26.4. The smallest absolute Gasteiger partial charge is 0.0703 e. The number of fused-ring (bicyclic) bond motifs is 10. The van der Waals surface area contributed by atoms with Crippen molar-refractivity contribution in [3.8, 4) is 56.9 Å². The van der Waals surface area contributed by atoms with Crippen molar-refractivity contribution in [1.29, 1.82) is 0 Å². The summed E-state index contributed by atoms with van der Waals surface area (Å²) in [6.07, 6.45) is 10.6. The van der Waals surface area contributed by atoms with E-state index in [0.717, 1.165) is 45.3 Å². The summed E-state index contributed by atoms with van der Waals surface area (Å²) < 4.78 is -0.263. The first-order valence-corrected chi connectivity index (χ1v) is 27.4. The fourth-order valence-corrected chi connectivity index (χ4v) is 14.4. The number of allylic oxidation sites excluding steroid dienone is 4. The van der Waals surface area contributed by atoms with Crippen molar-refractivity contribution >= 4 is 62.3 Å². The monoisotopic (exact) mass is 1080 g/mol. The molecule has 9 aromatic carbocycles. The quantitative estimate of drug-likeness (QED) is 0.0850. The molecule has 13 rings (SSSR count). The average molecular weight is 1080 g/mol. The number of hydrogen-bond acceptors (Lipinski definition) is 2. The predicted octanol–water partition coefficient (Wildman–Crippen LogP) is 19.8. The maximum Gasteiger partial charge on any atom is 0.0703 e. The summed E-state index contributed by atoms with van der Waals surface area (Å²) in [5.74, 6) is 3.12. The lowest BCUT2D eigenvalue weighted by Crippen LogP contribution is -2.20. The minimum Gasteiger partial charge on any atom is -0.310 e. The molecule has 0 amide bonds. The van der Waals surface area contributed by atoms with Gasteiger partial charge in [-0.15, -0.1) is 6.42 Å². The molecule has 0 saturated heterocycles. The zero-order chi connectivity index (χ0) is 51.8. The molecule has 0 spiro atoms. The van der Waals surface area contributed by atoms with E-state index in [0.29, 0.717) is 0 Å². The molecule has 4 aliphatic rings. The van der Waals surface area contributed by atoms with Crippen LogP contribution in [0.25, 0.3) is 50.1 Å². The zero-order valence-corrected chi connectivity index (χ0v) is 46.1. The summed E-state index contributed by atoms with van der Waals surface area (Å²) in [5, 5.41) is 0. The molecule has 2 nitrogen and oxygen atoms in total. The first-order chi connectivity index (χ1) is 36.2. The third-order valence-electron chi connectivity index (χ3n) is 17.3. The number of alkyl halides is 1. The standard InChI is InChI=1S/C72H59IN2/c1-10-24-52-54-37-35-48(39-61(54)69(3,4)58(52)11-2)74(46-27-17-13-18-28-46)50-41-65-68(56-44-64-57(43-63(56)71(65,7)8)67-51(45-25-15-12-16-26-45)32-23-34-60(67)72(64,9)73)66(42-50)75(47-29-19-14-20-30-47)49-36-38-55-53-31-21-22-33-59(53)70(5,6)62(55)40-49/h2,10,12-44H,1,3-9H3/b24-10-. The van der Waals surface area contributed by atoms with Crippen molar-refractivity contribution in [2.75, 3.05) is 9.80 Å². The summed E-state index contributed by atoms with van der Waals surface area (Å²) in [4.78, 5) is 5.02. The Labute approximate surface area is 457 Å². The van der Waals surface area contributed by atoms with Gasteiger partial charge in [0.1, 0.15) is 0 Å². The van der Waals surface area contributed by atoms with Gasteiger partial charge in [-0.25, -0.2) is 0 Å². The van der Waals surface area contributed by atoms with Gasteiger partial charge in [0.25, 0.3) is 0 Å². The van der Waals surface area contributed by atoms with Crippen molar-refractivity contribution in [3.05, 3.63) is 256 Å². The highest BCUT2D eigenvalue weighted by Crippen LogP contribution is 2.63. The van der Waals surface area contributed by atoms with Gasteiger partial charge in [-0.05, 0) is 176 Å². The second kappa shape index (κ2) is 16.9. The molecule has 0 saturated carbocycles. The molecule has 0 aromatic heterocycles. The number of benzene rings is 9. The van der Waals surface area contributed by atoms with Gasteiger partial charge >= 0.3 is 0 Å². The molecular weight excluding hydrogens is 1020 g/mol. The molecule has 0 N–H and O–H groups in total. The van der Waals surface area contributed by atoms with Crippen LogP contribution < -0.4 is 9.80 Å². The molecule has 75 heavy (non-hydrogen) atoms. The summed E-state index contributed by atoms with van der Waals surface area (Å²) in [6, 6.07) is 73.0. The van der Waals surface area contributed by atoms with Crippen LogP contribution in [0.3, 0.4) is 0 Å². The maximum atomic E-state index is 6.36. The Balaban J connectivity index is 1.10. The van der Waals surface area contributed by atoms with E-state index in [2.05, 4.69) is 300 Å². The van der Waals surface area contributed by atoms with Crippen LogP contribution in [0.4, 0.5) is 34.1 Å². The normalized spacial score (nSPS) is 17.4. The molecule has 3 heteroatoms. The Hall–Kier alpha value is -7.65. The summed E-state index contributed by atoms with van der Waals surface area (Å²) >= 11 is 2.74. The highest BCUT2D eigenvalue weighted by Gasteiger charge is 2.46. The minimum atomic E-state index is -0.393. The van der Waals surface area contributed by atoms with E-state index in [1.165, 1.54) is 89.0 Å². The Morgan fingerprint density at radius 3 is 1.59 bits per heavy atom. The lowest BCUT2D eigenvalue weighted by molar-refractivity contribution is 0.659. The van der Waals surface area contributed by atoms with Gasteiger partial charge in [0, 0.05) is 55.8 Å². The van der Waals surface area contributed by atoms with Gasteiger partial charge in [-0.2, -0.15) is 0 Å². The number of nitrogens with zero attached hydrogens (tertiary/aromatic N) is 2. The van der Waals surface area contributed by atoms with Crippen molar-refractivity contribution in [3.63, 3.8) is 0 Å². The average Bonchev–Trinajstić information content (AvgIpc) is 3.99. The van der Waals surface area contributed by atoms with Crippen molar-refractivity contribution in [1.82, 2.24) is 0 Å².